The Kier molecular flexibility index (Phi) is 5.66. The Hall–Kier alpha value is -1.69. The van der Waals surface area contributed by atoms with Crippen LogP contribution in [0.1, 0.15) is 27.8 Å². The minimum atomic E-state index is -0.431. The SMILES string of the molecule is Cc1ccc(CNC(C(=O)OCC2CCN2C)c2ccccc2)s1. The van der Waals surface area contributed by atoms with Gasteiger partial charge >= 0.3 is 5.97 Å². The molecule has 1 aromatic heterocycles. The molecule has 1 fully saturated rings. The fourth-order valence-electron chi connectivity index (χ4n) is 2.81. The van der Waals surface area contributed by atoms with Gasteiger partial charge in [-0.3, -0.25) is 10.2 Å². The summed E-state index contributed by atoms with van der Waals surface area (Å²) in [6.07, 6.45) is 1.10. The number of nitrogens with zero attached hydrogens (tertiary/aromatic N) is 1. The number of nitrogens with one attached hydrogen (secondary N) is 1. The van der Waals surface area contributed by atoms with E-state index in [-0.39, 0.29) is 5.97 Å². The average Bonchev–Trinajstić information content (AvgIpc) is 3.00. The summed E-state index contributed by atoms with van der Waals surface area (Å²) < 4.78 is 5.59. The summed E-state index contributed by atoms with van der Waals surface area (Å²) in [5.41, 5.74) is 0.942. The second kappa shape index (κ2) is 7.92. The Bertz CT molecular complexity index is 671. The third kappa shape index (κ3) is 4.23. The molecule has 1 saturated heterocycles. The van der Waals surface area contributed by atoms with Crippen molar-refractivity contribution in [1.82, 2.24) is 10.2 Å². The van der Waals surface area contributed by atoms with Crippen LogP contribution in [0.25, 0.3) is 0 Å². The fourth-order valence-corrected chi connectivity index (χ4v) is 3.65. The van der Waals surface area contributed by atoms with E-state index < -0.39 is 6.04 Å². The van der Waals surface area contributed by atoms with Crippen LogP contribution in [0.15, 0.2) is 42.5 Å². The second-order valence-corrected chi connectivity index (χ2v) is 7.66. The standard InChI is InChI=1S/C19H24N2O2S/c1-14-8-9-17(24-14)12-20-18(15-6-4-3-5-7-15)19(22)23-13-16-10-11-21(16)2/h3-9,16,18,20H,10-13H2,1-2H3. The summed E-state index contributed by atoms with van der Waals surface area (Å²) in [5.74, 6) is -0.199. The van der Waals surface area contributed by atoms with Gasteiger partial charge in [-0.25, -0.2) is 4.79 Å². The zero-order valence-electron chi connectivity index (χ0n) is 14.2. The average molecular weight is 344 g/mol. The van der Waals surface area contributed by atoms with Gasteiger partial charge in [-0.15, -0.1) is 11.3 Å². The Balaban J connectivity index is 1.63. The molecule has 0 amide bonds. The van der Waals surface area contributed by atoms with Crippen molar-refractivity contribution in [1.29, 1.82) is 0 Å². The summed E-state index contributed by atoms with van der Waals surface area (Å²) in [6.45, 7) is 4.31. The number of hydrogen-bond acceptors (Lipinski definition) is 5. The van der Waals surface area contributed by atoms with Crippen LogP contribution in [0.4, 0.5) is 0 Å². The minimum absolute atomic E-state index is 0.199. The summed E-state index contributed by atoms with van der Waals surface area (Å²) >= 11 is 1.75. The summed E-state index contributed by atoms with van der Waals surface area (Å²) in [7, 11) is 2.06. The number of rotatable bonds is 7. The van der Waals surface area contributed by atoms with Crippen LogP contribution in [0.2, 0.25) is 0 Å². The molecule has 0 bridgehead atoms. The van der Waals surface area contributed by atoms with E-state index in [1.165, 1.54) is 9.75 Å². The zero-order valence-corrected chi connectivity index (χ0v) is 15.0. The molecule has 0 radical (unpaired) electrons. The van der Waals surface area contributed by atoms with Crippen LogP contribution < -0.4 is 5.32 Å². The number of carbonyl (C=O) groups is 1. The zero-order chi connectivity index (χ0) is 16.9. The van der Waals surface area contributed by atoms with Crippen LogP contribution in [-0.2, 0) is 16.1 Å². The van der Waals surface area contributed by atoms with Crippen molar-refractivity contribution in [3.05, 3.63) is 57.8 Å². The predicted molar refractivity (Wildman–Crippen MR) is 97.1 cm³/mol. The number of esters is 1. The lowest BCUT2D eigenvalue weighted by Crippen LogP contribution is -2.48. The number of hydrogen-bond donors (Lipinski definition) is 1. The van der Waals surface area contributed by atoms with E-state index >= 15 is 0 Å². The smallest absolute Gasteiger partial charge is 0.327 e. The Morgan fingerprint density at radius 1 is 1.33 bits per heavy atom. The summed E-state index contributed by atoms with van der Waals surface area (Å²) in [4.78, 5) is 17.3. The van der Waals surface area contributed by atoms with Crippen molar-refractivity contribution in [2.45, 2.75) is 32.0 Å². The van der Waals surface area contributed by atoms with Crippen LogP contribution in [0.5, 0.6) is 0 Å². The van der Waals surface area contributed by atoms with Crippen molar-refractivity contribution < 1.29 is 9.53 Å². The number of benzene rings is 1. The van der Waals surface area contributed by atoms with Crippen molar-refractivity contribution in [2.24, 2.45) is 0 Å². The molecular formula is C19H24N2O2S. The lowest BCUT2D eigenvalue weighted by Gasteiger charge is -2.37. The van der Waals surface area contributed by atoms with E-state index in [2.05, 4.69) is 36.3 Å². The molecule has 1 aliphatic heterocycles. The summed E-state index contributed by atoms with van der Waals surface area (Å²) in [5, 5.41) is 3.36. The summed E-state index contributed by atoms with van der Waals surface area (Å²) in [6, 6.07) is 13.9. The maximum absolute atomic E-state index is 12.6. The molecule has 0 aliphatic carbocycles. The van der Waals surface area contributed by atoms with E-state index in [0.717, 1.165) is 18.5 Å². The molecule has 2 heterocycles. The topological polar surface area (TPSA) is 41.6 Å². The predicted octanol–water partition coefficient (Wildman–Crippen LogP) is 3.13. The van der Waals surface area contributed by atoms with Gasteiger partial charge in [0.05, 0.1) is 0 Å². The van der Waals surface area contributed by atoms with E-state index in [1.807, 2.05) is 30.3 Å². The number of carbonyl (C=O) groups excluding carboxylic acids is 1. The van der Waals surface area contributed by atoms with Gasteiger partial charge in [0.2, 0.25) is 0 Å². The number of thiophene rings is 1. The van der Waals surface area contributed by atoms with Crippen molar-refractivity contribution >= 4 is 17.3 Å². The Morgan fingerprint density at radius 2 is 2.12 bits per heavy atom. The molecule has 0 spiro atoms. The fraction of sp³-hybridized carbons (Fsp3) is 0.421. The van der Waals surface area contributed by atoms with Gasteiger partial charge in [0.1, 0.15) is 12.6 Å². The van der Waals surface area contributed by atoms with E-state index in [4.69, 9.17) is 4.74 Å². The molecule has 0 saturated carbocycles. The largest absolute Gasteiger partial charge is 0.463 e. The molecule has 5 heteroatoms. The molecule has 3 rings (SSSR count). The molecule has 1 aliphatic rings. The van der Waals surface area contributed by atoms with Crippen molar-refractivity contribution in [3.63, 3.8) is 0 Å². The highest BCUT2D eigenvalue weighted by molar-refractivity contribution is 7.11. The number of aryl methyl sites for hydroxylation is 1. The Labute approximate surface area is 147 Å². The first kappa shape index (κ1) is 17.1. The van der Waals surface area contributed by atoms with E-state index in [1.54, 1.807) is 11.3 Å². The molecule has 24 heavy (non-hydrogen) atoms. The molecular weight excluding hydrogens is 320 g/mol. The van der Waals surface area contributed by atoms with Crippen LogP contribution in [0.3, 0.4) is 0 Å². The van der Waals surface area contributed by atoms with Gasteiger partial charge < -0.3 is 4.74 Å². The van der Waals surface area contributed by atoms with Gasteiger partial charge in [0.15, 0.2) is 0 Å². The third-order valence-corrected chi connectivity index (χ3v) is 5.50. The molecule has 2 unspecified atom stereocenters. The maximum atomic E-state index is 12.6. The normalized spacial score (nSPS) is 18.8. The lowest BCUT2D eigenvalue weighted by atomic mass is 10.1. The van der Waals surface area contributed by atoms with Crippen LogP contribution in [0, 0.1) is 6.92 Å². The number of ether oxygens (including phenoxy) is 1. The first-order valence-electron chi connectivity index (χ1n) is 8.34. The lowest BCUT2D eigenvalue weighted by molar-refractivity contribution is -0.149. The minimum Gasteiger partial charge on any atom is -0.463 e. The number of likely N-dealkylation sites (N-methyl/N-ethyl adjacent to an activating group) is 1. The first-order valence-corrected chi connectivity index (χ1v) is 9.15. The second-order valence-electron chi connectivity index (χ2n) is 6.29. The van der Waals surface area contributed by atoms with Gasteiger partial charge in [0.25, 0.3) is 0 Å². The number of likely N-dealkylation sites (tertiary alicyclic amines) is 1. The van der Waals surface area contributed by atoms with E-state index in [0.29, 0.717) is 19.2 Å². The van der Waals surface area contributed by atoms with Crippen LogP contribution in [-0.4, -0.2) is 37.1 Å². The maximum Gasteiger partial charge on any atom is 0.327 e. The molecule has 4 nitrogen and oxygen atoms in total. The van der Waals surface area contributed by atoms with Gasteiger partial charge in [-0.1, -0.05) is 30.3 Å². The van der Waals surface area contributed by atoms with E-state index in [9.17, 15) is 4.79 Å². The van der Waals surface area contributed by atoms with Gasteiger partial charge in [0, 0.05) is 22.3 Å². The highest BCUT2D eigenvalue weighted by Gasteiger charge is 2.28. The third-order valence-electron chi connectivity index (χ3n) is 4.50. The molecule has 2 aromatic rings. The van der Waals surface area contributed by atoms with Crippen LogP contribution >= 0.6 is 11.3 Å². The molecule has 128 valence electrons. The van der Waals surface area contributed by atoms with Gasteiger partial charge in [-0.2, -0.15) is 0 Å². The molecule has 1 N–H and O–H groups in total. The monoisotopic (exact) mass is 344 g/mol. The van der Waals surface area contributed by atoms with Crippen molar-refractivity contribution in [3.8, 4) is 0 Å². The molecule has 1 aromatic carbocycles. The first-order chi connectivity index (χ1) is 11.6. The van der Waals surface area contributed by atoms with Gasteiger partial charge in [-0.05, 0) is 44.6 Å². The molecule has 2 atom stereocenters. The quantitative estimate of drug-likeness (QED) is 0.784. The Morgan fingerprint density at radius 3 is 2.71 bits per heavy atom. The highest BCUT2D eigenvalue weighted by atomic mass is 32.1. The highest BCUT2D eigenvalue weighted by Crippen LogP contribution is 2.20. The van der Waals surface area contributed by atoms with Crippen molar-refractivity contribution in [2.75, 3.05) is 20.2 Å².